The molecule has 0 fully saturated rings. The summed E-state index contributed by atoms with van der Waals surface area (Å²) in [7, 11) is 0. The van der Waals surface area contributed by atoms with Crippen LogP contribution in [0.2, 0.25) is 0 Å². The second-order valence-corrected chi connectivity index (χ2v) is 4.65. The fourth-order valence-corrected chi connectivity index (χ4v) is 2.14. The van der Waals surface area contributed by atoms with Crippen molar-refractivity contribution in [3.8, 4) is 5.75 Å². The molecule has 1 heterocycles. The van der Waals surface area contributed by atoms with Crippen LogP contribution in [0.15, 0.2) is 15.3 Å². The largest absolute Gasteiger partial charge is 0.506 e. The van der Waals surface area contributed by atoms with Gasteiger partial charge in [-0.1, -0.05) is 0 Å². The van der Waals surface area contributed by atoms with Gasteiger partial charge < -0.3 is 14.3 Å². The van der Waals surface area contributed by atoms with E-state index < -0.39 is 11.6 Å². The van der Waals surface area contributed by atoms with Gasteiger partial charge in [0.1, 0.15) is 16.9 Å². The third-order valence-electron chi connectivity index (χ3n) is 3.37. The van der Waals surface area contributed by atoms with Gasteiger partial charge in [-0.05, 0) is 44.9 Å². The zero-order chi connectivity index (χ0) is 15.0. The maximum absolute atomic E-state index is 11.9. The Kier molecular flexibility index (Phi) is 3.53. The number of carbonyl (C=O) groups excluding carboxylic acids is 1. The van der Waals surface area contributed by atoms with Crippen molar-refractivity contribution < 1.29 is 19.1 Å². The van der Waals surface area contributed by atoms with Crippen molar-refractivity contribution in [1.29, 1.82) is 0 Å². The zero-order valence-electron chi connectivity index (χ0n) is 11.9. The van der Waals surface area contributed by atoms with Gasteiger partial charge in [0.15, 0.2) is 0 Å². The molecular weight excluding hydrogens is 260 g/mol. The molecule has 0 aliphatic carbocycles. The van der Waals surface area contributed by atoms with Crippen LogP contribution in [0.5, 0.6) is 5.75 Å². The second kappa shape index (κ2) is 5.00. The topological polar surface area (TPSA) is 76.7 Å². The van der Waals surface area contributed by atoms with E-state index in [4.69, 9.17) is 9.15 Å². The van der Waals surface area contributed by atoms with Gasteiger partial charge in [-0.2, -0.15) is 0 Å². The van der Waals surface area contributed by atoms with Gasteiger partial charge in [0.05, 0.1) is 12.0 Å². The highest BCUT2D eigenvalue weighted by Crippen LogP contribution is 2.34. The summed E-state index contributed by atoms with van der Waals surface area (Å²) < 4.78 is 10.1. The third kappa shape index (κ3) is 2.05. The Hall–Kier alpha value is -2.30. The summed E-state index contributed by atoms with van der Waals surface area (Å²) >= 11 is 0. The molecule has 2 rings (SSSR count). The fraction of sp³-hybridized carbons (Fsp3) is 0.333. The lowest BCUT2D eigenvalue weighted by atomic mass is 10.00. The highest BCUT2D eigenvalue weighted by molar-refractivity contribution is 6.02. The van der Waals surface area contributed by atoms with E-state index in [1.54, 1.807) is 27.7 Å². The first-order valence-corrected chi connectivity index (χ1v) is 6.32. The number of phenols is 1. The normalized spacial score (nSPS) is 10.8. The first-order valence-electron chi connectivity index (χ1n) is 6.32. The van der Waals surface area contributed by atoms with E-state index in [1.165, 1.54) is 6.07 Å². The molecule has 1 aromatic heterocycles. The molecule has 2 aromatic rings. The van der Waals surface area contributed by atoms with E-state index in [2.05, 4.69) is 0 Å². The number of fused-ring (bicyclic) bond motifs is 1. The van der Waals surface area contributed by atoms with Crippen molar-refractivity contribution in [3.63, 3.8) is 0 Å². The number of aromatic hydroxyl groups is 1. The summed E-state index contributed by atoms with van der Waals surface area (Å²) in [5, 5.41) is 10.7. The van der Waals surface area contributed by atoms with Crippen LogP contribution < -0.4 is 5.63 Å². The van der Waals surface area contributed by atoms with Crippen LogP contribution in [-0.2, 0) is 4.74 Å². The highest BCUT2D eigenvalue weighted by atomic mass is 16.5. The summed E-state index contributed by atoms with van der Waals surface area (Å²) in [5.41, 5.74) is 1.54. The van der Waals surface area contributed by atoms with Gasteiger partial charge in [0, 0.05) is 5.56 Å². The molecule has 0 atom stereocenters. The van der Waals surface area contributed by atoms with Crippen LogP contribution >= 0.6 is 0 Å². The summed E-state index contributed by atoms with van der Waals surface area (Å²) in [6, 6.07) is 1.47. The molecule has 0 unspecified atom stereocenters. The van der Waals surface area contributed by atoms with Crippen molar-refractivity contribution in [1.82, 2.24) is 0 Å². The van der Waals surface area contributed by atoms with Gasteiger partial charge in [0.25, 0.3) is 0 Å². The first-order chi connectivity index (χ1) is 9.38. The predicted octanol–water partition coefficient (Wildman–Crippen LogP) is 2.60. The van der Waals surface area contributed by atoms with Gasteiger partial charge in [-0.25, -0.2) is 9.59 Å². The molecule has 1 aromatic carbocycles. The SMILES string of the molecule is CCOC(=O)c1cc(C)c2oc(=O)c(C)c(C)c2c1O. The Morgan fingerprint density at radius 1 is 1.30 bits per heavy atom. The molecule has 106 valence electrons. The number of esters is 1. The number of hydrogen-bond donors (Lipinski definition) is 1. The predicted molar refractivity (Wildman–Crippen MR) is 74.3 cm³/mol. The van der Waals surface area contributed by atoms with Crippen molar-refractivity contribution in [2.75, 3.05) is 6.61 Å². The lowest BCUT2D eigenvalue weighted by Crippen LogP contribution is -2.09. The smallest absolute Gasteiger partial charge is 0.341 e. The Morgan fingerprint density at radius 3 is 2.55 bits per heavy atom. The monoisotopic (exact) mass is 276 g/mol. The molecule has 0 aliphatic rings. The first kappa shape index (κ1) is 14.1. The number of carbonyl (C=O) groups is 1. The van der Waals surface area contributed by atoms with Gasteiger partial charge in [-0.15, -0.1) is 0 Å². The fourth-order valence-electron chi connectivity index (χ4n) is 2.14. The molecule has 1 N–H and O–H groups in total. The van der Waals surface area contributed by atoms with Gasteiger partial charge in [-0.3, -0.25) is 0 Å². The molecule has 0 saturated carbocycles. The molecule has 0 bridgehead atoms. The van der Waals surface area contributed by atoms with Crippen LogP contribution in [0.3, 0.4) is 0 Å². The molecule has 0 saturated heterocycles. The number of phenolic OH excluding ortho intramolecular Hbond substituents is 1. The van der Waals surface area contributed by atoms with Gasteiger partial charge >= 0.3 is 11.6 Å². The molecule has 0 aliphatic heterocycles. The number of benzene rings is 1. The van der Waals surface area contributed by atoms with Crippen molar-refractivity contribution in [2.24, 2.45) is 0 Å². The van der Waals surface area contributed by atoms with E-state index in [-0.39, 0.29) is 17.9 Å². The van der Waals surface area contributed by atoms with E-state index in [1.807, 2.05) is 0 Å². The zero-order valence-corrected chi connectivity index (χ0v) is 11.9. The van der Waals surface area contributed by atoms with Crippen molar-refractivity contribution >= 4 is 16.9 Å². The number of aryl methyl sites for hydroxylation is 2. The van der Waals surface area contributed by atoms with Crippen molar-refractivity contribution in [2.45, 2.75) is 27.7 Å². The average molecular weight is 276 g/mol. The van der Waals surface area contributed by atoms with E-state index in [9.17, 15) is 14.7 Å². The maximum atomic E-state index is 11.9. The summed E-state index contributed by atoms with van der Waals surface area (Å²) in [5.74, 6) is -0.813. The minimum atomic E-state index is -0.599. The second-order valence-electron chi connectivity index (χ2n) is 4.65. The van der Waals surface area contributed by atoms with Crippen LogP contribution in [-0.4, -0.2) is 17.7 Å². The van der Waals surface area contributed by atoms with Crippen LogP contribution in [0.1, 0.15) is 34.0 Å². The Labute approximate surface area is 115 Å². The molecule has 0 amide bonds. The van der Waals surface area contributed by atoms with Crippen LogP contribution in [0.4, 0.5) is 0 Å². The average Bonchev–Trinajstić information content (AvgIpc) is 2.40. The Bertz CT molecular complexity index is 755. The molecule has 5 heteroatoms. The van der Waals surface area contributed by atoms with Crippen molar-refractivity contribution in [3.05, 3.63) is 38.7 Å². The lowest BCUT2D eigenvalue weighted by molar-refractivity contribution is 0.0523. The standard InChI is InChI=1S/C15H16O5/c1-5-19-15(18)10-6-7(2)13-11(12(10)16)8(3)9(4)14(17)20-13/h6,16H,5H2,1-4H3. The van der Waals surface area contributed by atoms with Crippen LogP contribution in [0, 0.1) is 20.8 Å². The quantitative estimate of drug-likeness (QED) is 0.674. The lowest BCUT2D eigenvalue weighted by Gasteiger charge is -2.12. The van der Waals surface area contributed by atoms with E-state index >= 15 is 0 Å². The molecule has 0 radical (unpaired) electrons. The van der Waals surface area contributed by atoms with E-state index in [0.717, 1.165) is 0 Å². The number of rotatable bonds is 2. The minimum Gasteiger partial charge on any atom is -0.506 e. The Balaban J connectivity index is 2.88. The third-order valence-corrected chi connectivity index (χ3v) is 3.37. The van der Waals surface area contributed by atoms with Crippen LogP contribution in [0.25, 0.3) is 11.0 Å². The number of hydrogen-bond acceptors (Lipinski definition) is 5. The Morgan fingerprint density at radius 2 is 1.95 bits per heavy atom. The minimum absolute atomic E-state index is 0.0770. The summed E-state index contributed by atoms with van der Waals surface area (Å²) in [6.07, 6.45) is 0. The number of ether oxygens (including phenoxy) is 1. The molecular formula is C15H16O5. The van der Waals surface area contributed by atoms with Gasteiger partial charge in [0.2, 0.25) is 0 Å². The maximum Gasteiger partial charge on any atom is 0.341 e. The molecule has 20 heavy (non-hydrogen) atoms. The highest BCUT2D eigenvalue weighted by Gasteiger charge is 2.21. The van der Waals surface area contributed by atoms with E-state index in [0.29, 0.717) is 27.7 Å². The molecule has 0 spiro atoms. The summed E-state index contributed by atoms with van der Waals surface area (Å²) in [6.45, 7) is 6.95. The molecule has 5 nitrogen and oxygen atoms in total. The summed E-state index contributed by atoms with van der Waals surface area (Å²) in [4.78, 5) is 23.5.